The van der Waals surface area contributed by atoms with Gasteiger partial charge in [-0.05, 0) is 38.0 Å². The summed E-state index contributed by atoms with van der Waals surface area (Å²) in [6.45, 7) is 2.78. The maximum absolute atomic E-state index is 15.5. The number of H-pyrrole nitrogens is 1. The number of aromatic amines is 1. The molecule has 3 unspecified atom stereocenters. The van der Waals surface area contributed by atoms with Crippen LogP contribution in [-0.2, 0) is 11.2 Å². The van der Waals surface area contributed by atoms with E-state index in [4.69, 9.17) is 10.5 Å². The number of rotatable bonds is 7. The van der Waals surface area contributed by atoms with Gasteiger partial charge in [0, 0.05) is 41.8 Å². The minimum atomic E-state index is -1.91. The summed E-state index contributed by atoms with van der Waals surface area (Å²) in [6, 6.07) is 6.76. The second kappa shape index (κ2) is 8.92. The number of para-hydroxylation sites is 1. The largest absolute Gasteiger partial charge is 0.492 e. The van der Waals surface area contributed by atoms with Crippen molar-refractivity contribution in [3.63, 3.8) is 0 Å². The number of fused-ring (bicyclic) bond motifs is 3. The number of nitrogens with zero attached hydrogens (tertiary/aromatic N) is 1. The molecule has 0 saturated heterocycles. The number of aromatic nitrogens is 1. The number of alkyl halides is 2. The summed E-state index contributed by atoms with van der Waals surface area (Å²) in [5, 5.41) is 10.5. The van der Waals surface area contributed by atoms with Crippen LogP contribution >= 0.6 is 0 Å². The molecule has 0 spiro atoms. The van der Waals surface area contributed by atoms with Crippen LogP contribution in [0.5, 0.6) is 0 Å². The molecule has 1 aromatic heterocycles. The second-order valence-electron chi connectivity index (χ2n) is 9.01. The van der Waals surface area contributed by atoms with Crippen LogP contribution in [0.25, 0.3) is 10.9 Å². The van der Waals surface area contributed by atoms with Crippen molar-refractivity contribution in [2.45, 2.75) is 44.2 Å². The molecule has 2 aliphatic rings. The number of ether oxygens (including phenoxy) is 1. The Morgan fingerprint density at radius 2 is 2.09 bits per heavy atom. The van der Waals surface area contributed by atoms with Crippen LogP contribution in [0, 0.1) is 5.92 Å². The van der Waals surface area contributed by atoms with Crippen molar-refractivity contribution in [1.29, 1.82) is 0 Å². The van der Waals surface area contributed by atoms with Crippen LogP contribution in [0.1, 0.15) is 31.1 Å². The van der Waals surface area contributed by atoms with E-state index in [-0.39, 0.29) is 31.5 Å². The molecular weight excluding hydrogens is 419 g/mol. The molecule has 1 aliphatic heterocycles. The van der Waals surface area contributed by atoms with Gasteiger partial charge < -0.3 is 20.6 Å². The highest BCUT2D eigenvalue weighted by Gasteiger charge is 2.47. The topological polar surface area (TPSA) is 74.5 Å². The lowest BCUT2D eigenvalue weighted by Crippen LogP contribution is -2.52. The molecule has 0 bridgehead atoms. The molecule has 0 amide bonds. The summed E-state index contributed by atoms with van der Waals surface area (Å²) in [6.07, 6.45) is 1.37. The van der Waals surface area contributed by atoms with Gasteiger partial charge in [0.15, 0.2) is 0 Å². The molecule has 32 heavy (non-hydrogen) atoms. The molecule has 1 aliphatic carbocycles. The van der Waals surface area contributed by atoms with Crippen LogP contribution in [-0.4, -0.2) is 59.2 Å². The van der Waals surface area contributed by atoms with E-state index < -0.39 is 36.2 Å². The number of aliphatic hydroxyl groups excluding tert-OH is 1. The Kier molecular flexibility index (Phi) is 6.38. The smallest absolute Gasteiger partial charge is 0.143 e. The monoisotopic (exact) mass is 449 g/mol. The Labute approximate surface area is 185 Å². The Hall–Kier alpha value is -2.29. The number of benzene rings is 1. The zero-order valence-corrected chi connectivity index (χ0v) is 18.3. The minimum Gasteiger partial charge on any atom is -0.492 e. The highest BCUT2D eigenvalue weighted by Crippen LogP contribution is 2.47. The zero-order valence-electron chi connectivity index (χ0n) is 18.3. The fraction of sp³-hybridized carbons (Fsp3) is 0.500. The first-order valence-electron chi connectivity index (χ1n) is 11.0. The molecule has 4 rings (SSSR count). The maximum Gasteiger partial charge on any atom is 0.143 e. The Bertz CT molecular complexity index is 1030. The zero-order chi connectivity index (χ0) is 23.0. The van der Waals surface area contributed by atoms with Gasteiger partial charge in [-0.25, -0.2) is 13.2 Å². The summed E-state index contributed by atoms with van der Waals surface area (Å²) in [5.74, 6) is -1.73. The molecule has 2 aromatic rings. The Morgan fingerprint density at radius 3 is 2.78 bits per heavy atom. The molecule has 1 aromatic carbocycles. The van der Waals surface area contributed by atoms with Crippen molar-refractivity contribution in [1.82, 2.24) is 9.88 Å². The van der Waals surface area contributed by atoms with Crippen LogP contribution in [0.3, 0.4) is 0 Å². The third kappa shape index (κ3) is 4.19. The third-order valence-electron chi connectivity index (χ3n) is 6.40. The van der Waals surface area contributed by atoms with Crippen molar-refractivity contribution in [3.8, 4) is 0 Å². The minimum absolute atomic E-state index is 0.106. The first kappa shape index (κ1) is 22.9. The van der Waals surface area contributed by atoms with E-state index in [0.29, 0.717) is 12.1 Å². The lowest BCUT2D eigenvalue weighted by atomic mass is 9.80. The number of allylic oxidation sites excluding steroid dienone is 2. The molecule has 0 radical (unpaired) electrons. The first-order valence-corrected chi connectivity index (χ1v) is 11.0. The predicted octanol–water partition coefficient (Wildman–Crippen LogP) is 3.86. The molecule has 5 nitrogen and oxygen atoms in total. The van der Waals surface area contributed by atoms with E-state index in [9.17, 15) is 9.50 Å². The SMILES string of the molecule is C[C@@H]1Cc2c([nH]c3ccccc23)[C@@H](C2C(F)=CC(OCCN)=CC2F)N1CC(C)(F)CO. The molecule has 0 saturated carbocycles. The van der Waals surface area contributed by atoms with Gasteiger partial charge in [0.2, 0.25) is 0 Å². The highest BCUT2D eigenvalue weighted by atomic mass is 19.1. The quantitative estimate of drug-likeness (QED) is 0.600. The molecule has 4 N–H and O–H groups in total. The third-order valence-corrected chi connectivity index (χ3v) is 6.40. The molecule has 5 atom stereocenters. The van der Waals surface area contributed by atoms with Crippen LogP contribution in [0.15, 0.2) is 48.0 Å². The average Bonchev–Trinajstić information content (AvgIpc) is 3.11. The van der Waals surface area contributed by atoms with Crippen molar-refractivity contribution >= 4 is 10.9 Å². The van der Waals surface area contributed by atoms with E-state index in [1.54, 1.807) is 4.90 Å². The molecule has 8 heteroatoms. The predicted molar refractivity (Wildman–Crippen MR) is 118 cm³/mol. The van der Waals surface area contributed by atoms with E-state index in [0.717, 1.165) is 16.5 Å². The Balaban J connectivity index is 1.80. The summed E-state index contributed by atoms with van der Waals surface area (Å²) in [5.41, 5.74) is 6.07. The van der Waals surface area contributed by atoms with Gasteiger partial charge in [0.05, 0.1) is 18.6 Å². The number of nitrogens with one attached hydrogen (secondary N) is 1. The van der Waals surface area contributed by atoms with Crippen LogP contribution in [0.4, 0.5) is 13.2 Å². The normalized spacial score (nSPS) is 28.1. The second-order valence-corrected chi connectivity index (χ2v) is 9.01. The summed E-state index contributed by atoms with van der Waals surface area (Å²) < 4.78 is 51.2. The van der Waals surface area contributed by atoms with Gasteiger partial charge in [-0.2, -0.15) is 0 Å². The number of aliphatic hydroxyl groups is 1. The van der Waals surface area contributed by atoms with Gasteiger partial charge in [0.1, 0.15) is 30.0 Å². The van der Waals surface area contributed by atoms with E-state index >= 15 is 8.78 Å². The number of hydrogen-bond donors (Lipinski definition) is 3. The highest BCUT2D eigenvalue weighted by molar-refractivity contribution is 5.85. The van der Waals surface area contributed by atoms with Crippen LogP contribution in [0.2, 0.25) is 0 Å². The molecule has 0 fully saturated rings. The van der Waals surface area contributed by atoms with Crippen molar-refractivity contribution < 1.29 is 23.0 Å². The van der Waals surface area contributed by atoms with E-state index in [1.807, 2.05) is 31.2 Å². The number of nitrogens with two attached hydrogens (primary N) is 1. The summed E-state index contributed by atoms with van der Waals surface area (Å²) >= 11 is 0. The Morgan fingerprint density at radius 1 is 1.34 bits per heavy atom. The molecule has 174 valence electrons. The average molecular weight is 450 g/mol. The summed E-state index contributed by atoms with van der Waals surface area (Å²) in [4.78, 5) is 5.12. The van der Waals surface area contributed by atoms with E-state index in [2.05, 4.69) is 4.98 Å². The maximum atomic E-state index is 15.5. The van der Waals surface area contributed by atoms with Gasteiger partial charge >= 0.3 is 0 Å². The molecule has 2 heterocycles. The lowest BCUT2D eigenvalue weighted by Gasteiger charge is -2.46. The van der Waals surface area contributed by atoms with Crippen molar-refractivity contribution in [2.75, 3.05) is 26.3 Å². The van der Waals surface area contributed by atoms with Gasteiger partial charge in [-0.1, -0.05) is 18.2 Å². The lowest BCUT2D eigenvalue weighted by molar-refractivity contribution is -0.0124. The number of halogens is 3. The summed E-state index contributed by atoms with van der Waals surface area (Å²) in [7, 11) is 0. The van der Waals surface area contributed by atoms with E-state index in [1.165, 1.54) is 19.1 Å². The van der Waals surface area contributed by atoms with Crippen LogP contribution < -0.4 is 5.73 Å². The van der Waals surface area contributed by atoms with Gasteiger partial charge in [-0.15, -0.1) is 0 Å². The van der Waals surface area contributed by atoms with Crippen molar-refractivity contribution in [2.24, 2.45) is 11.7 Å². The standard InChI is InChI=1S/C24H30F3N3O2/c1-14-9-17-16-5-3-4-6-20(16)29-22(17)23(30(14)12-24(2,27)13-31)21-18(25)10-15(11-19(21)26)32-8-7-28/h3-6,10-11,14,18,21,23,29,31H,7-9,12-13,28H2,1-2H3/t14-,18?,21?,23-,24?/m1/s1. The van der Waals surface area contributed by atoms with Gasteiger partial charge in [-0.3, -0.25) is 4.90 Å². The first-order chi connectivity index (χ1) is 15.3. The van der Waals surface area contributed by atoms with Gasteiger partial charge in [0.25, 0.3) is 0 Å². The fourth-order valence-corrected chi connectivity index (χ4v) is 4.90. The fourth-order valence-electron chi connectivity index (χ4n) is 4.90. The molecular formula is C24H30F3N3O2. The van der Waals surface area contributed by atoms with Crippen molar-refractivity contribution in [3.05, 3.63) is 59.3 Å². The number of hydrogen-bond acceptors (Lipinski definition) is 4.